The topological polar surface area (TPSA) is 87.2 Å². The van der Waals surface area contributed by atoms with Crippen molar-refractivity contribution in [2.45, 2.75) is 45.4 Å². The average molecular weight is 425 g/mol. The summed E-state index contributed by atoms with van der Waals surface area (Å²) in [6.07, 6.45) is 3.79. The van der Waals surface area contributed by atoms with Gasteiger partial charge in [-0.15, -0.1) is 0 Å². The molecule has 1 N–H and O–H groups in total. The Bertz CT molecular complexity index is 839. The molecule has 0 aliphatic carbocycles. The van der Waals surface area contributed by atoms with Crippen molar-refractivity contribution in [3.8, 4) is 5.75 Å². The highest BCUT2D eigenvalue weighted by Crippen LogP contribution is 2.34. The van der Waals surface area contributed by atoms with Crippen LogP contribution in [0, 0.1) is 19.8 Å². The number of likely N-dealkylation sites (tertiary alicyclic amines) is 1. The minimum absolute atomic E-state index is 0.376. The summed E-state index contributed by atoms with van der Waals surface area (Å²) in [4.78, 5) is 12.5. The fourth-order valence-electron chi connectivity index (χ4n) is 4.40. The lowest BCUT2D eigenvalue weighted by Crippen LogP contribution is -2.38. The molecule has 1 aromatic rings. The number of nitrogens with zero attached hydrogens (tertiary/aromatic N) is 2. The SMILES string of the molecule is Cc1cc(C2CCN(S(C)(=O)=O)CC2)c(C)cc1OCC1CCN(C(=O)O)CC1. The first-order chi connectivity index (χ1) is 13.6. The molecule has 0 saturated carbocycles. The molecule has 2 fully saturated rings. The van der Waals surface area contributed by atoms with Gasteiger partial charge in [0.05, 0.1) is 12.9 Å². The van der Waals surface area contributed by atoms with Gasteiger partial charge in [0.15, 0.2) is 0 Å². The summed E-state index contributed by atoms with van der Waals surface area (Å²) in [5.41, 5.74) is 3.57. The predicted molar refractivity (Wildman–Crippen MR) is 112 cm³/mol. The number of hydrogen-bond acceptors (Lipinski definition) is 4. The monoisotopic (exact) mass is 424 g/mol. The number of aryl methyl sites for hydroxylation is 2. The molecule has 2 heterocycles. The molecule has 2 aliphatic rings. The van der Waals surface area contributed by atoms with Crippen molar-refractivity contribution in [1.29, 1.82) is 0 Å². The average Bonchev–Trinajstić information content (AvgIpc) is 2.68. The Morgan fingerprint density at radius 2 is 1.69 bits per heavy atom. The summed E-state index contributed by atoms with van der Waals surface area (Å²) in [5.74, 6) is 1.65. The maximum absolute atomic E-state index is 11.7. The van der Waals surface area contributed by atoms with Crippen LogP contribution in [-0.4, -0.2) is 67.9 Å². The molecule has 0 aromatic heterocycles. The molecule has 0 unspecified atom stereocenters. The second-order valence-corrected chi connectivity index (χ2v) is 10.4. The second-order valence-electron chi connectivity index (χ2n) is 8.43. The van der Waals surface area contributed by atoms with Crippen LogP contribution in [0.15, 0.2) is 12.1 Å². The van der Waals surface area contributed by atoms with Crippen molar-refractivity contribution in [3.05, 3.63) is 28.8 Å². The van der Waals surface area contributed by atoms with Crippen LogP contribution in [0.2, 0.25) is 0 Å². The zero-order chi connectivity index (χ0) is 21.2. The van der Waals surface area contributed by atoms with Gasteiger partial charge in [-0.2, -0.15) is 0 Å². The van der Waals surface area contributed by atoms with E-state index in [2.05, 4.69) is 26.0 Å². The zero-order valence-electron chi connectivity index (χ0n) is 17.6. The summed E-state index contributed by atoms with van der Waals surface area (Å²) >= 11 is 0. The van der Waals surface area contributed by atoms with E-state index in [1.165, 1.54) is 22.3 Å². The quantitative estimate of drug-likeness (QED) is 0.784. The Kier molecular flexibility index (Phi) is 6.73. The standard InChI is InChI=1S/C21H32N2O5S/c1-15-13-20(28-14-17-4-8-22(9-5-17)21(24)25)16(2)12-19(15)18-6-10-23(11-7-18)29(3,26)27/h12-13,17-18H,4-11,14H2,1-3H3,(H,24,25). The molecule has 162 valence electrons. The van der Waals surface area contributed by atoms with Gasteiger partial charge in [0.1, 0.15) is 5.75 Å². The van der Waals surface area contributed by atoms with E-state index in [0.717, 1.165) is 37.0 Å². The Morgan fingerprint density at radius 1 is 1.07 bits per heavy atom. The lowest BCUT2D eigenvalue weighted by molar-refractivity contribution is 0.111. The molecule has 2 saturated heterocycles. The first-order valence-corrected chi connectivity index (χ1v) is 12.2. The van der Waals surface area contributed by atoms with E-state index in [1.54, 1.807) is 4.31 Å². The molecule has 7 nitrogen and oxygen atoms in total. The van der Waals surface area contributed by atoms with Gasteiger partial charge >= 0.3 is 6.09 Å². The molecule has 2 aliphatic heterocycles. The predicted octanol–water partition coefficient (Wildman–Crippen LogP) is 3.21. The van der Waals surface area contributed by atoms with Crippen LogP contribution in [0.1, 0.15) is 48.3 Å². The van der Waals surface area contributed by atoms with E-state index >= 15 is 0 Å². The summed E-state index contributed by atoms with van der Waals surface area (Å²) in [5, 5.41) is 9.05. The van der Waals surface area contributed by atoms with Crippen LogP contribution in [0.3, 0.4) is 0 Å². The lowest BCUT2D eigenvalue weighted by atomic mass is 9.86. The van der Waals surface area contributed by atoms with Crippen molar-refractivity contribution >= 4 is 16.1 Å². The van der Waals surface area contributed by atoms with Gasteiger partial charge in [0.2, 0.25) is 10.0 Å². The Morgan fingerprint density at radius 3 is 2.24 bits per heavy atom. The number of piperidine rings is 2. The van der Waals surface area contributed by atoms with E-state index in [0.29, 0.717) is 44.6 Å². The van der Waals surface area contributed by atoms with Crippen LogP contribution in [0.5, 0.6) is 5.75 Å². The Balaban J connectivity index is 1.58. The number of amides is 1. The van der Waals surface area contributed by atoms with Crippen LogP contribution in [0.25, 0.3) is 0 Å². The first kappa shape index (κ1) is 21.9. The van der Waals surface area contributed by atoms with E-state index in [1.807, 2.05) is 0 Å². The molecule has 8 heteroatoms. The third-order valence-electron chi connectivity index (χ3n) is 6.29. The zero-order valence-corrected chi connectivity index (χ0v) is 18.4. The summed E-state index contributed by atoms with van der Waals surface area (Å²) in [6.45, 7) is 7.07. The number of hydrogen-bond donors (Lipinski definition) is 1. The molecule has 1 aromatic carbocycles. The van der Waals surface area contributed by atoms with E-state index in [9.17, 15) is 13.2 Å². The maximum Gasteiger partial charge on any atom is 0.407 e. The van der Waals surface area contributed by atoms with Crippen molar-refractivity contribution in [2.75, 3.05) is 39.0 Å². The number of benzene rings is 1. The molecule has 0 bridgehead atoms. The Labute approximate surface area is 173 Å². The van der Waals surface area contributed by atoms with Crippen molar-refractivity contribution in [2.24, 2.45) is 5.92 Å². The fraction of sp³-hybridized carbons (Fsp3) is 0.667. The van der Waals surface area contributed by atoms with Crippen molar-refractivity contribution < 1.29 is 23.1 Å². The number of sulfonamides is 1. The van der Waals surface area contributed by atoms with Gasteiger partial charge in [-0.3, -0.25) is 0 Å². The smallest absolute Gasteiger partial charge is 0.407 e. The number of ether oxygens (including phenoxy) is 1. The van der Waals surface area contributed by atoms with Gasteiger partial charge < -0.3 is 14.7 Å². The number of carboxylic acid groups (broad SMARTS) is 1. The molecule has 0 atom stereocenters. The molecule has 1 amide bonds. The molecular formula is C21H32N2O5S. The van der Waals surface area contributed by atoms with E-state index in [4.69, 9.17) is 9.84 Å². The third kappa shape index (κ3) is 5.42. The van der Waals surface area contributed by atoms with E-state index in [-0.39, 0.29) is 0 Å². The second kappa shape index (κ2) is 8.92. The molecule has 29 heavy (non-hydrogen) atoms. The lowest BCUT2D eigenvalue weighted by Gasteiger charge is -2.32. The third-order valence-corrected chi connectivity index (χ3v) is 7.59. The summed E-state index contributed by atoms with van der Waals surface area (Å²) in [6, 6.07) is 4.29. The fourth-order valence-corrected chi connectivity index (χ4v) is 5.28. The largest absolute Gasteiger partial charge is 0.493 e. The minimum Gasteiger partial charge on any atom is -0.493 e. The van der Waals surface area contributed by atoms with Gasteiger partial charge in [0.25, 0.3) is 0 Å². The molecule has 0 spiro atoms. The maximum atomic E-state index is 11.7. The van der Waals surface area contributed by atoms with E-state index < -0.39 is 16.1 Å². The number of carbonyl (C=O) groups is 1. The number of rotatable bonds is 5. The van der Waals surface area contributed by atoms with Gasteiger partial charge in [-0.25, -0.2) is 17.5 Å². The van der Waals surface area contributed by atoms with Crippen LogP contribution in [-0.2, 0) is 10.0 Å². The Hall–Kier alpha value is -1.80. The normalized spacial score (nSPS) is 20.0. The van der Waals surface area contributed by atoms with Crippen LogP contribution < -0.4 is 4.74 Å². The van der Waals surface area contributed by atoms with Crippen LogP contribution in [0.4, 0.5) is 4.79 Å². The highest BCUT2D eigenvalue weighted by atomic mass is 32.2. The molecule has 0 radical (unpaired) electrons. The highest BCUT2D eigenvalue weighted by molar-refractivity contribution is 7.88. The van der Waals surface area contributed by atoms with Crippen molar-refractivity contribution in [3.63, 3.8) is 0 Å². The van der Waals surface area contributed by atoms with Gasteiger partial charge in [0, 0.05) is 26.2 Å². The minimum atomic E-state index is -3.11. The molecular weight excluding hydrogens is 392 g/mol. The van der Waals surface area contributed by atoms with Crippen LogP contribution >= 0.6 is 0 Å². The summed E-state index contributed by atoms with van der Waals surface area (Å²) in [7, 11) is -3.11. The van der Waals surface area contributed by atoms with Crippen molar-refractivity contribution in [1.82, 2.24) is 9.21 Å². The highest BCUT2D eigenvalue weighted by Gasteiger charge is 2.27. The first-order valence-electron chi connectivity index (χ1n) is 10.3. The molecule has 3 rings (SSSR count). The van der Waals surface area contributed by atoms with Gasteiger partial charge in [-0.1, -0.05) is 6.07 Å². The van der Waals surface area contributed by atoms with Gasteiger partial charge in [-0.05, 0) is 74.1 Å². The summed E-state index contributed by atoms with van der Waals surface area (Å²) < 4.78 is 31.1.